The van der Waals surface area contributed by atoms with Crippen LogP contribution in [0, 0.1) is 5.92 Å². The van der Waals surface area contributed by atoms with Crippen LogP contribution in [-0.4, -0.2) is 61.0 Å². The van der Waals surface area contributed by atoms with Crippen molar-refractivity contribution in [1.82, 2.24) is 15.1 Å². The lowest BCUT2D eigenvalue weighted by atomic mass is 9.93. The number of carbonyl (C=O) groups excluding carboxylic acids is 1. The zero-order valence-electron chi connectivity index (χ0n) is 11.3. The summed E-state index contributed by atoms with van der Waals surface area (Å²) in [5.74, 6) is 1.02. The number of nitrogens with one attached hydrogen (secondary N) is 1. The van der Waals surface area contributed by atoms with Crippen molar-refractivity contribution in [3.8, 4) is 0 Å². The molecule has 0 spiro atoms. The predicted molar refractivity (Wildman–Crippen MR) is 68.9 cm³/mol. The summed E-state index contributed by atoms with van der Waals surface area (Å²) in [5.41, 5.74) is 0. The summed E-state index contributed by atoms with van der Waals surface area (Å²) in [6.07, 6.45) is 2.47. The molecule has 0 aromatic rings. The van der Waals surface area contributed by atoms with Gasteiger partial charge in [0.25, 0.3) is 0 Å². The summed E-state index contributed by atoms with van der Waals surface area (Å²) in [7, 11) is 1.90. The minimum atomic E-state index is 0.254. The van der Waals surface area contributed by atoms with E-state index in [9.17, 15) is 4.79 Å². The lowest BCUT2D eigenvalue weighted by Gasteiger charge is -2.35. The zero-order valence-corrected chi connectivity index (χ0v) is 11.3. The van der Waals surface area contributed by atoms with E-state index in [1.807, 2.05) is 11.9 Å². The van der Waals surface area contributed by atoms with Crippen LogP contribution < -0.4 is 5.32 Å². The summed E-state index contributed by atoms with van der Waals surface area (Å²) in [6.45, 7) is 8.03. The van der Waals surface area contributed by atoms with Crippen molar-refractivity contribution in [3.63, 3.8) is 0 Å². The molecule has 1 N–H and O–H groups in total. The maximum absolute atomic E-state index is 12.0. The van der Waals surface area contributed by atoms with Crippen LogP contribution in [0.5, 0.6) is 0 Å². The van der Waals surface area contributed by atoms with Crippen molar-refractivity contribution in [1.29, 1.82) is 0 Å². The fourth-order valence-corrected chi connectivity index (χ4v) is 2.86. The summed E-state index contributed by atoms with van der Waals surface area (Å²) >= 11 is 0. The fraction of sp³-hybridized carbons (Fsp3) is 0.923. The van der Waals surface area contributed by atoms with Gasteiger partial charge in [-0.1, -0.05) is 0 Å². The van der Waals surface area contributed by atoms with Crippen LogP contribution in [0.25, 0.3) is 0 Å². The summed E-state index contributed by atoms with van der Waals surface area (Å²) in [5, 5.41) is 3.55. The zero-order chi connectivity index (χ0) is 12.4. The van der Waals surface area contributed by atoms with E-state index in [0.717, 1.165) is 25.6 Å². The molecule has 4 nitrogen and oxygen atoms in total. The van der Waals surface area contributed by atoms with E-state index in [0.29, 0.717) is 18.6 Å². The monoisotopic (exact) mass is 239 g/mol. The molecule has 17 heavy (non-hydrogen) atoms. The second kappa shape index (κ2) is 5.36. The molecule has 0 aromatic heterocycles. The Labute approximate surface area is 104 Å². The first-order chi connectivity index (χ1) is 8.08. The molecule has 0 radical (unpaired) electrons. The molecule has 4 heteroatoms. The first kappa shape index (κ1) is 12.8. The number of hydrogen-bond acceptors (Lipinski definition) is 3. The van der Waals surface area contributed by atoms with Gasteiger partial charge in [-0.15, -0.1) is 0 Å². The molecule has 0 saturated carbocycles. The number of likely N-dealkylation sites (tertiary alicyclic amines) is 1. The maximum Gasteiger partial charge on any atom is 0.236 e. The van der Waals surface area contributed by atoms with Gasteiger partial charge in [0.1, 0.15) is 0 Å². The highest BCUT2D eigenvalue weighted by Gasteiger charge is 2.33. The molecular formula is C13H25N3O. The first-order valence-electron chi connectivity index (χ1n) is 6.79. The van der Waals surface area contributed by atoms with Gasteiger partial charge in [-0.25, -0.2) is 0 Å². The SMILES string of the molecule is CC(C)N(C)C(=O)CN1CCC2NCCC2C1. The molecule has 2 saturated heterocycles. The molecule has 1 amide bonds. The smallest absolute Gasteiger partial charge is 0.236 e. The molecule has 2 unspecified atom stereocenters. The van der Waals surface area contributed by atoms with Crippen molar-refractivity contribution < 1.29 is 4.79 Å². The van der Waals surface area contributed by atoms with E-state index < -0.39 is 0 Å². The highest BCUT2D eigenvalue weighted by Crippen LogP contribution is 2.24. The van der Waals surface area contributed by atoms with Crippen molar-refractivity contribution in [2.45, 2.75) is 38.8 Å². The Bertz CT molecular complexity index is 280. The molecule has 2 atom stereocenters. The van der Waals surface area contributed by atoms with Gasteiger partial charge in [0.15, 0.2) is 0 Å². The lowest BCUT2D eigenvalue weighted by molar-refractivity contribution is -0.133. The Morgan fingerprint density at radius 2 is 2.24 bits per heavy atom. The number of fused-ring (bicyclic) bond motifs is 1. The Morgan fingerprint density at radius 1 is 1.47 bits per heavy atom. The predicted octanol–water partition coefficient (Wildman–Crippen LogP) is 0.537. The Balaban J connectivity index is 1.82. The lowest BCUT2D eigenvalue weighted by Crippen LogP contribution is -2.48. The average Bonchev–Trinajstić information content (AvgIpc) is 2.74. The highest BCUT2D eigenvalue weighted by molar-refractivity contribution is 5.78. The number of piperidine rings is 1. The molecule has 0 aliphatic carbocycles. The molecule has 2 fully saturated rings. The maximum atomic E-state index is 12.0. The molecule has 98 valence electrons. The van der Waals surface area contributed by atoms with E-state index in [2.05, 4.69) is 24.1 Å². The third kappa shape index (κ3) is 2.99. The first-order valence-corrected chi connectivity index (χ1v) is 6.79. The van der Waals surface area contributed by atoms with Gasteiger partial charge in [-0.05, 0) is 39.2 Å². The summed E-state index contributed by atoms with van der Waals surface area (Å²) in [4.78, 5) is 16.2. The van der Waals surface area contributed by atoms with Crippen molar-refractivity contribution in [3.05, 3.63) is 0 Å². The van der Waals surface area contributed by atoms with Gasteiger partial charge in [-0.3, -0.25) is 9.69 Å². The average molecular weight is 239 g/mol. The second-order valence-corrected chi connectivity index (χ2v) is 5.73. The molecule has 0 aromatic carbocycles. The van der Waals surface area contributed by atoms with Crippen LogP contribution in [0.1, 0.15) is 26.7 Å². The highest BCUT2D eigenvalue weighted by atomic mass is 16.2. The third-order valence-electron chi connectivity index (χ3n) is 4.27. The van der Waals surface area contributed by atoms with Gasteiger partial charge in [0.2, 0.25) is 5.91 Å². The number of carbonyl (C=O) groups is 1. The standard InChI is InChI=1S/C13H25N3O/c1-10(2)15(3)13(17)9-16-7-5-12-11(8-16)4-6-14-12/h10-12,14H,4-9H2,1-3H3. The normalized spacial score (nSPS) is 29.4. The molecular weight excluding hydrogens is 214 g/mol. The number of hydrogen-bond donors (Lipinski definition) is 1. The number of likely N-dealkylation sites (N-methyl/N-ethyl adjacent to an activating group) is 1. The van der Waals surface area contributed by atoms with Gasteiger partial charge >= 0.3 is 0 Å². The van der Waals surface area contributed by atoms with Gasteiger partial charge in [0, 0.05) is 32.2 Å². The van der Waals surface area contributed by atoms with Crippen LogP contribution in [0.2, 0.25) is 0 Å². The summed E-state index contributed by atoms with van der Waals surface area (Å²) < 4.78 is 0. The van der Waals surface area contributed by atoms with E-state index in [1.165, 1.54) is 12.8 Å². The minimum Gasteiger partial charge on any atom is -0.342 e. The molecule has 2 aliphatic heterocycles. The number of nitrogens with zero attached hydrogens (tertiary/aromatic N) is 2. The Kier molecular flexibility index (Phi) is 4.05. The quantitative estimate of drug-likeness (QED) is 0.781. The van der Waals surface area contributed by atoms with Gasteiger partial charge in [0.05, 0.1) is 6.54 Å². The fourth-order valence-electron chi connectivity index (χ4n) is 2.86. The topological polar surface area (TPSA) is 35.6 Å². The van der Waals surface area contributed by atoms with Crippen LogP contribution in [0.3, 0.4) is 0 Å². The molecule has 2 heterocycles. The number of amides is 1. The van der Waals surface area contributed by atoms with Crippen LogP contribution in [-0.2, 0) is 4.79 Å². The Morgan fingerprint density at radius 3 is 2.94 bits per heavy atom. The number of rotatable bonds is 3. The largest absolute Gasteiger partial charge is 0.342 e. The van der Waals surface area contributed by atoms with Crippen molar-refractivity contribution >= 4 is 5.91 Å². The van der Waals surface area contributed by atoms with E-state index in [4.69, 9.17) is 0 Å². The second-order valence-electron chi connectivity index (χ2n) is 5.73. The van der Waals surface area contributed by atoms with Gasteiger partial charge < -0.3 is 10.2 Å². The van der Waals surface area contributed by atoms with E-state index in [-0.39, 0.29) is 5.91 Å². The van der Waals surface area contributed by atoms with E-state index >= 15 is 0 Å². The summed E-state index contributed by atoms with van der Waals surface area (Å²) in [6, 6.07) is 1.01. The van der Waals surface area contributed by atoms with E-state index in [1.54, 1.807) is 0 Å². The third-order valence-corrected chi connectivity index (χ3v) is 4.27. The minimum absolute atomic E-state index is 0.254. The molecule has 2 aliphatic rings. The van der Waals surface area contributed by atoms with Crippen LogP contribution in [0.15, 0.2) is 0 Å². The van der Waals surface area contributed by atoms with Crippen LogP contribution >= 0.6 is 0 Å². The van der Waals surface area contributed by atoms with Gasteiger partial charge in [-0.2, -0.15) is 0 Å². The molecule has 2 rings (SSSR count). The van der Waals surface area contributed by atoms with Crippen molar-refractivity contribution in [2.24, 2.45) is 5.92 Å². The van der Waals surface area contributed by atoms with Crippen molar-refractivity contribution in [2.75, 3.05) is 33.2 Å². The van der Waals surface area contributed by atoms with Crippen LogP contribution in [0.4, 0.5) is 0 Å². The molecule has 0 bridgehead atoms. The Hall–Kier alpha value is -0.610.